The lowest BCUT2D eigenvalue weighted by Gasteiger charge is -2.41. The third-order valence-electron chi connectivity index (χ3n) is 3.63. The van der Waals surface area contributed by atoms with Gasteiger partial charge in [-0.05, 0) is 19.3 Å². The molecule has 0 aliphatic carbocycles. The van der Waals surface area contributed by atoms with Crippen LogP contribution in [0.5, 0.6) is 0 Å². The van der Waals surface area contributed by atoms with Crippen molar-refractivity contribution in [1.82, 2.24) is 0 Å². The number of aliphatic hydroxyl groups is 1. The van der Waals surface area contributed by atoms with Crippen molar-refractivity contribution < 1.29 is 18.3 Å². The molecule has 6 heteroatoms. The van der Waals surface area contributed by atoms with E-state index in [2.05, 4.69) is 6.07 Å². The first-order valence-electron chi connectivity index (χ1n) is 5.35. The Morgan fingerprint density at radius 2 is 2.12 bits per heavy atom. The van der Waals surface area contributed by atoms with Gasteiger partial charge in [-0.2, -0.15) is 5.26 Å². The van der Waals surface area contributed by atoms with Crippen molar-refractivity contribution in [3.8, 4) is 6.07 Å². The van der Waals surface area contributed by atoms with Gasteiger partial charge in [0.05, 0.1) is 24.2 Å². The molecule has 0 aromatic heterocycles. The van der Waals surface area contributed by atoms with Gasteiger partial charge in [0, 0.05) is 6.61 Å². The predicted octanol–water partition coefficient (Wildman–Crippen LogP) is -0.144. The molecule has 16 heavy (non-hydrogen) atoms. The van der Waals surface area contributed by atoms with Crippen LogP contribution >= 0.6 is 0 Å². The second-order valence-corrected chi connectivity index (χ2v) is 6.91. The van der Waals surface area contributed by atoms with Gasteiger partial charge >= 0.3 is 0 Å². The Morgan fingerprint density at radius 1 is 1.38 bits per heavy atom. The van der Waals surface area contributed by atoms with E-state index in [1.807, 2.05) is 0 Å². The topological polar surface area (TPSA) is 87.4 Å². The lowest BCUT2D eigenvalue weighted by molar-refractivity contribution is -0.103. The quantitative estimate of drug-likeness (QED) is 0.694. The van der Waals surface area contributed by atoms with Crippen LogP contribution in [0.15, 0.2) is 0 Å². The van der Waals surface area contributed by atoms with Crippen LogP contribution in [-0.2, 0) is 14.6 Å². The molecule has 2 fully saturated rings. The minimum atomic E-state index is -3.21. The van der Waals surface area contributed by atoms with E-state index in [1.54, 1.807) is 0 Å². The van der Waals surface area contributed by atoms with E-state index in [1.165, 1.54) is 0 Å². The second kappa shape index (κ2) is 3.69. The van der Waals surface area contributed by atoms with Crippen molar-refractivity contribution in [1.29, 1.82) is 5.26 Å². The summed E-state index contributed by atoms with van der Waals surface area (Å²) in [6, 6.07) is 2.10. The van der Waals surface area contributed by atoms with E-state index in [0.29, 0.717) is 19.4 Å². The highest BCUT2D eigenvalue weighted by molar-refractivity contribution is 7.91. The van der Waals surface area contributed by atoms with Crippen LogP contribution in [0, 0.1) is 16.7 Å². The highest BCUT2D eigenvalue weighted by atomic mass is 32.2. The van der Waals surface area contributed by atoms with Gasteiger partial charge in [0.1, 0.15) is 11.0 Å². The molecule has 2 aliphatic heterocycles. The van der Waals surface area contributed by atoms with Crippen LogP contribution < -0.4 is 0 Å². The van der Waals surface area contributed by atoms with Gasteiger partial charge in [-0.15, -0.1) is 0 Å². The summed E-state index contributed by atoms with van der Waals surface area (Å²) in [4.78, 5) is 0. The molecule has 0 aromatic rings. The van der Waals surface area contributed by atoms with Crippen LogP contribution in [0.3, 0.4) is 0 Å². The third-order valence-corrected chi connectivity index (χ3v) is 5.37. The molecule has 2 rings (SSSR count). The fourth-order valence-corrected chi connectivity index (χ4v) is 4.51. The van der Waals surface area contributed by atoms with Crippen molar-refractivity contribution in [3.63, 3.8) is 0 Å². The largest absolute Gasteiger partial charge is 0.387 e. The van der Waals surface area contributed by atoms with Gasteiger partial charge in [0.15, 0.2) is 9.84 Å². The second-order valence-electron chi connectivity index (χ2n) is 4.72. The zero-order valence-electron chi connectivity index (χ0n) is 8.98. The van der Waals surface area contributed by atoms with Crippen molar-refractivity contribution in [3.05, 3.63) is 0 Å². The van der Waals surface area contributed by atoms with E-state index >= 15 is 0 Å². The van der Waals surface area contributed by atoms with E-state index in [-0.39, 0.29) is 24.5 Å². The smallest absolute Gasteiger partial charge is 0.153 e. The average Bonchev–Trinajstić information content (AvgIpc) is 2.55. The molecule has 0 spiro atoms. The summed E-state index contributed by atoms with van der Waals surface area (Å²) in [6.07, 6.45) is 1.34. The highest BCUT2D eigenvalue weighted by Crippen LogP contribution is 2.44. The molecule has 2 atom stereocenters. The first-order valence-corrected chi connectivity index (χ1v) is 7.17. The first-order chi connectivity index (χ1) is 7.43. The van der Waals surface area contributed by atoms with Gasteiger partial charge in [0.2, 0.25) is 0 Å². The summed E-state index contributed by atoms with van der Waals surface area (Å²) in [5.74, 6) is -0.343. The Morgan fingerprint density at radius 3 is 2.56 bits per heavy atom. The van der Waals surface area contributed by atoms with Crippen molar-refractivity contribution in [2.24, 2.45) is 5.41 Å². The minimum Gasteiger partial charge on any atom is -0.387 e. The Bertz CT molecular complexity index is 419. The molecule has 0 bridgehead atoms. The maximum atomic E-state index is 11.4. The van der Waals surface area contributed by atoms with Crippen molar-refractivity contribution in [2.75, 3.05) is 24.7 Å². The normalized spacial score (nSPS) is 42.8. The third kappa shape index (κ3) is 1.73. The SMILES string of the molecule is N#CC1(C2(O)CCS(=O)(=O)C2)CCCOC1. The number of hydrogen-bond acceptors (Lipinski definition) is 5. The molecule has 0 radical (unpaired) electrons. The van der Waals surface area contributed by atoms with E-state index in [0.717, 1.165) is 0 Å². The number of ether oxygens (including phenoxy) is 1. The number of sulfone groups is 1. The fraction of sp³-hybridized carbons (Fsp3) is 0.900. The highest BCUT2D eigenvalue weighted by Gasteiger charge is 2.57. The molecule has 1 N–H and O–H groups in total. The molecular weight excluding hydrogens is 230 g/mol. The van der Waals surface area contributed by atoms with Gasteiger partial charge in [-0.3, -0.25) is 0 Å². The summed E-state index contributed by atoms with van der Waals surface area (Å²) in [6.45, 7) is 0.710. The molecular formula is C10H15NO4S. The number of rotatable bonds is 1. The summed E-state index contributed by atoms with van der Waals surface area (Å²) in [7, 11) is -3.21. The Hall–Kier alpha value is -0.640. The lowest BCUT2D eigenvalue weighted by atomic mass is 9.69. The summed E-state index contributed by atoms with van der Waals surface area (Å²) in [5.41, 5.74) is -2.48. The zero-order valence-corrected chi connectivity index (χ0v) is 9.79. The maximum absolute atomic E-state index is 11.4. The van der Waals surface area contributed by atoms with E-state index < -0.39 is 20.9 Å². The van der Waals surface area contributed by atoms with Crippen LogP contribution in [0.4, 0.5) is 0 Å². The summed E-state index contributed by atoms with van der Waals surface area (Å²) >= 11 is 0. The van der Waals surface area contributed by atoms with Crippen molar-refractivity contribution in [2.45, 2.75) is 24.9 Å². The molecule has 2 aliphatic rings. The monoisotopic (exact) mass is 245 g/mol. The summed E-state index contributed by atoms with van der Waals surface area (Å²) < 4.78 is 28.1. The first kappa shape index (κ1) is 11.8. The Kier molecular flexibility index (Phi) is 2.73. The molecule has 2 unspecified atom stereocenters. The van der Waals surface area contributed by atoms with Crippen molar-refractivity contribution >= 4 is 9.84 Å². The van der Waals surface area contributed by atoms with Crippen LogP contribution in [0.1, 0.15) is 19.3 Å². The molecule has 0 amide bonds. The zero-order chi connectivity index (χ0) is 11.9. The Balaban J connectivity index is 2.32. The van der Waals surface area contributed by atoms with Gasteiger partial charge < -0.3 is 9.84 Å². The minimum absolute atomic E-state index is 0.0348. The molecule has 2 saturated heterocycles. The summed E-state index contributed by atoms with van der Waals surface area (Å²) in [5, 5.41) is 19.7. The number of nitriles is 1. The molecule has 2 heterocycles. The molecule has 5 nitrogen and oxygen atoms in total. The van der Waals surface area contributed by atoms with Crippen LogP contribution in [0.25, 0.3) is 0 Å². The lowest BCUT2D eigenvalue weighted by Crippen LogP contribution is -2.53. The maximum Gasteiger partial charge on any atom is 0.153 e. The predicted molar refractivity (Wildman–Crippen MR) is 56.3 cm³/mol. The molecule has 0 saturated carbocycles. The van der Waals surface area contributed by atoms with E-state index in [9.17, 15) is 18.8 Å². The standard InChI is InChI=1S/C10H15NO4S/c11-6-9(2-1-4-15-7-9)10(12)3-5-16(13,14)8-10/h12H,1-5,7-8H2. The molecule has 0 aromatic carbocycles. The molecule has 90 valence electrons. The Labute approximate surface area is 94.9 Å². The van der Waals surface area contributed by atoms with Gasteiger partial charge in [-0.1, -0.05) is 0 Å². The van der Waals surface area contributed by atoms with Crippen LogP contribution in [0.2, 0.25) is 0 Å². The van der Waals surface area contributed by atoms with Crippen LogP contribution in [-0.4, -0.2) is 43.8 Å². The van der Waals surface area contributed by atoms with Gasteiger partial charge in [-0.25, -0.2) is 8.42 Å². The number of nitrogens with zero attached hydrogens (tertiary/aromatic N) is 1. The number of hydrogen-bond donors (Lipinski definition) is 1. The average molecular weight is 245 g/mol. The van der Waals surface area contributed by atoms with E-state index in [4.69, 9.17) is 4.74 Å². The van der Waals surface area contributed by atoms with Gasteiger partial charge in [0.25, 0.3) is 0 Å². The fourth-order valence-electron chi connectivity index (χ4n) is 2.56.